The van der Waals surface area contributed by atoms with E-state index in [1.807, 2.05) is 0 Å². The molecular formula is C13H10Cl2N2O2. The summed E-state index contributed by atoms with van der Waals surface area (Å²) in [6, 6.07) is 9.56. The van der Waals surface area contributed by atoms with E-state index in [1.165, 1.54) is 6.07 Å². The number of carboxylic acid groups (broad SMARTS) is 1. The number of carbonyl (C=O) groups is 1. The van der Waals surface area contributed by atoms with Crippen molar-refractivity contribution in [2.75, 3.05) is 11.1 Å². The highest BCUT2D eigenvalue weighted by atomic mass is 35.5. The van der Waals surface area contributed by atoms with Gasteiger partial charge in [-0.1, -0.05) is 29.3 Å². The predicted molar refractivity (Wildman–Crippen MR) is 77.6 cm³/mol. The number of para-hydroxylation sites is 1. The molecule has 4 nitrogen and oxygen atoms in total. The number of halogens is 2. The number of nitrogens with one attached hydrogen (secondary N) is 1. The van der Waals surface area contributed by atoms with Gasteiger partial charge in [0.1, 0.15) is 0 Å². The van der Waals surface area contributed by atoms with E-state index in [4.69, 9.17) is 34.0 Å². The van der Waals surface area contributed by atoms with E-state index in [1.54, 1.807) is 30.3 Å². The van der Waals surface area contributed by atoms with Crippen molar-refractivity contribution < 1.29 is 9.90 Å². The summed E-state index contributed by atoms with van der Waals surface area (Å²) in [6.07, 6.45) is 0. The van der Waals surface area contributed by atoms with E-state index in [-0.39, 0.29) is 5.56 Å². The zero-order valence-corrected chi connectivity index (χ0v) is 11.2. The zero-order valence-electron chi connectivity index (χ0n) is 9.65. The molecule has 0 amide bonds. The second kappa shape index (κ2) is 5.38. The Morgan fingerprint density at radius 3 is 2.37 bits per heavy atom. The molecule has 0 aliphatic carbocycles. The predicted octanol–water partition coefficient (Wildman–Crippen LogP) is 4.02. The number of nitrogens with two attached hydrogens (primary N) is 1. The topological polar surface area (TPSA) is 75.3 Å². The molecule has 0 radical (unpaired) electrons. The zero-order chi connectivity index (χ0) is 14.0. The van der Waals surface area contributed by atoms with E-state index in [2.05, 4.69) is 5.32 Å². The molecule has 19 heavy (non-hydrogen) atoms. The van der Waals surface area contributed by atoms with Crippen molar-refractivity contribution in [2.45, 2.75) is 0 Å². The molecule has 0 unspecified atom stereocenters. The third kappa shape index (κ3) is 2.92. The Hall–Kier alpha value is -1.91. The van der Waals surface area contributed by atoms with Gasteiger partial charge in [-0.2, -0.15) is 0 Å². The van der Waals surface area contributed by atoms with Crippen molar-refractivity contribution in [1.82, 2.24) is 0 Å². The maximum atomic E-state index is 11.2. The monoisotopic (exact) mass is 296 g/mol. The van der Waals surface area contributed by atoms with Gasteiger partial charge in [0.15, 0.2) is 0 Å². The smallest absolute Gasteiger partial charge is 0.337 e. The Bertz CT molecular complexity index is 624. The first-order chi connectivity index (χ1) is 8.99. The molecule has 2 aromatic rings. The van der Waals surface area contributed by atoms with Gasteiger partial charge < -0.3 is 16.2 Å². The number of benzene rings is 2. The molecule has 0 aliphatic rings. The molecule has 0 spiro atoms. The molecule has 0 aliphatic heterocycles. The Kier molecular flexibility index (Phi) is 3.83. The van der Waals surface area contributed by atoms with Gasteiger partial charge in [-0.15, -0.1) is 0 Å². The number of hydrogen-bond donors (Lipinski definition) is 3. The highest BCUT2D eigenvalue weighted by molar-refractivity contribution is 6.39. The molecule has 2 rings (SSSR count). The van der Waals surface area contributed by atoms with Crippen LogP contribution in [0.25, 0.3) is 0 Å². The van der Waals surface area contributed by atoms with Gasteiger partial charge in [-0.05, 0) is 30.3 Å². The first kappa shape index (κ1) is 13.5. The van der Waals surface area contributed by atoms with E-state index in [0.29, 0.717) is 27.1 Å². The van der Waals surface area contributed by atoms with E-state index < -0.39 is 5.97 Å². The largest absolute Gasteiger partial charge is 0.478 e. The van der Waals surface area contributed by atoms with Crippen LogP contribution in [0, 0.1) is 0 Å². The van der Waals surface area contributed by atoms with Gasteiger partial charge in [0.2, 0.25) is 0 Å². The van der Waals surface area contributed by atoms with Gasteiger partial charge in [0.25, 0.3) is 0 Å². The molecule has 0 heterocycles. The van der Waals surface area contributed by atoms with Crippen LogP contribution < -0.4 is 11.1 Å². The summed E-state index contributed by atoms with van der Waals surface area (Å²) < 4.78 is 0. The van der Waals surface area contributed by atoms with Crippen LogP contribution in [0.4, 0.5) is 17.1 Å². The lowest BCUT2D eigenvalue weighted by Crippen LogP contribution is -2.04. The minimum absolute atomic E-state index is 0.0518. The van der Waals surface area contributed by atoms with E-state index >= 15 is 0 Å². The number of rotatable bonds is 3. The Morgan fingerprint density at radius 1 is 1.16 bits per heavy atom. The van der Waals surface area contributed by atoms with Gasteiger partial charge in [0, 0.05) is 5.69 Å². The fraction of sp³-hybridized carbons (Fsp3) is 0. The molecule has 6 heteroatoms. The van der Waals surface area contributed by atoms with Gasteiger partial charge in [-0.25, -0.2) is 4.79 Å². The summed E-state index contributed by atoms with van der Waals surface area (Å²) in [5, 5.41) is 12.9. The third-order valence-corrected chi connectivity index (χ3v) is 3.13. The number of aromatic carboxylic acids is 1. The molecule has 0 aromatic heterocycles. The Morgan fingerprint density at radius 2 is 1.79 bits per heavy atom. The highest BCUT2D eigenvalue weighted by Crippen LogP contribution is 2.34. The number of carboxylic acids is 1. The average Bonchev–Trinajstić information content (AvgIpc) is 2.35. The van der Waals surface area contributed by atoms with Crippen molar-refractivity contribution in [3.8, 4) is 0 Å². The molecule has 0 saturated heterocycles. The lowest BCUT2D eigenvalue weighted by atomic mass is 10.1. The van der Waals surface area contributed by atoms with E-state index in [9.17, 15) is 4.79 Å². The number of anilines is 3. The maximum Gasteiger partial charge on any atom is 0.337 e. The van der Waals surface area contributed by atoms with E-state index in [0.717, 1.165) is 0 Å². The summed E-state index contributed by atoms with van der Waals surface area (Å²) in [5.74, 6) is -1.09. The SMILES string of the molecule is Nc1ccc(Nc2c(Cl)cccc2Cl)c(C(=O)O)c1. The highest BCUT2D eigenvalue weighted by Gasteiger charge is 2.13. The van der Waals surface area contributed by atoms with Crippen LogP contribution in [0.15, 0.2) is 36.4 Å². The molecule has 0 atom stereocenters. The first-order valence-corrected chi connectivity index (χ1v) is 6.08. The summed E-state index contributed by atoms with van der Waals surface area (Å²) in [6.45, 7) is 0. The van der Waals surface area contributed by atoms with Crippen molar-refractivity contribution >= 4 is 46.2 Å². The molecule has 4 N–H and O–H groups in total. The van der Waals surface area contributed by atoms with Crippen LogP contribution in [-0.4, -0.2) is 11.1 Å². The second-order valence-corrected chi connectivity index (χ2v) is 4.65. The minimum Gasteiger partial charge on any atom is -0.478 e. The van der Waals surface area contributed by atoms with Gasteiger partial charge in [-0.3, -0.25) is 0 Å². The summed E-state index contributed by atoms with van der Waals surface area (Å²) in [5.41, 5.74) is 6.82. The minimum atomic E-state index is -1.09. The van der Waals surface area contributed by atoms with Crippen LogP contribution in [0.2, 0.25) is 10.0 Å². The molecular weight excluding hydrogens is 287 g/mol. The normalized spacial score (nSPS) is 10.2. The lowest BCUT2D eigenvalue weighted by Gasteiger charge is -2.13. The number of hydrogen-bond acceptors (Lipinski definition) is 3. The van der Waals surface area contributed by atoms with Crippen LogP contribution >= 0.6 is 23.2 Å². The van der Waals surface area contributed by atoms with Crippen molar-refractivity contribution in [2.24, 2.45) is 0 Å². The van der Waals surface area contributed by atoms with Crippen LogP contribution in [0.5, 0.6) is 0 Å². The molecule has 98 valence electrons. The van der Waals surface area contributed by atoms with Crippen LogP contribution in [0.1, 0.15) is 10.4 Å². The van der Waals surface area contributed by atoms with Gasteiger partial charge in [0.05, 0.1) is 27.0 Å². The Labute approximate surface area is 119 Å². The average molecular weight is 297 g/mol. The van der Waals surface area contributed by atoms with Crippen molar-refractivity contribution in [3.05, 3.63) is 52.0 Å². The first-order valence-electron chi connectivity index (χ1n) is 5.33. The molecule has 0 fully saturated rings. The van der Waals surface area contributed by atoms with Crippen LogP contribution in [-0.2, 0) is 0 Å². The van der Waals surface area contributed by atoms with Crippen molar-refractivity contribution in [1.29, 1.82) is 0 Å². The fourth-order valence-electron chi connectivity index (χ4n) is 1.60. The van der Waals surface area contributed by atoms with Crippen molar-refractivity contribution in [3.63, 3.8) is 0 Å². The molecule has 0 saturated carbocycles. The Balaban J connectivity index is 2.47. The standard InChI is InChI=1S/C13H10Cl2N2O2/c14-9-2-1-3-10(15)12(9)17-11-5-4-7(16)6-8(11)13(18)19/h1-6,17H,16H2,(H,18,19). The quantitative estimate of drug-likeness (QED) is 0.748. The summed E-state index contributed by atoms with van der Waals surface area (Å²) >= 11 is 12.0. The molecule has 0 bridgehead atoms. The maximum absolute atomic E-state index is 11.2. The second-order valence-electron chi connectivity index (χ2n) is 3.83. The summed E-state index contributed by atoms with van der Waals surface area (Å²) in [7, 11) is 0. The van der Waals surface area contributed by atoms with Gasteiger partial charge >= 0.3 is 5.97 Å². The van der Waals surface area contributed by atoms with Crippen LogP contribution in [0.3, 0.4) is 0 Å². The summed E-state index contributed by atoms with van der Waals surface area (Å²) in [4.78, 5) is 11.2. The fourth-order valence-corrected chi connectivity index (χ4v) is 2.09. The molecule has 2 aromatic carbocycles. The third-order valence-electron chi connectivity index (χ3n) is 2.50. The lowest BCUT2D eigenvalue weighted by molar-refractivity contribution is 0.0698. The number of nitrogen functional groups attached to an aromatic ring is 1.